The van der Waals surface area contributed by atoms with Crippen LogP contribution in [0.25, 0.3) is 0 Å². The van der Waals surface area contributed by atoms with Crippen LogP contribution in [0.1, 0.15) is 20.8 Å². The molecule has 0 heterocycles. The van der Waals surface area contributed by atoms with Crippen LogP contribution in [0.2, 0.25) is 0 Å². The van der Waals surface area contributed by atoms with Gasteiger partial charge in [0.1, 0.15) is 0 Å². The van der Waals surface area contributed by atoms with Gasteiger partial charge in [-0.2, -0.15) is 5.57 Å². The largest absolute Gasteiger partial charge is 0.0622 e. The molecule has 6 rings (SSSR count). The molecule has 0 spiro atoms. The van der Waals surface area contributed by atoms with Gasteiger partial charge in [-0.25, -0.2) is 11.6 Å². The monoisotopic (exact) mass is 756 g/mol. The summed E-state index contributed by atoms with van der Waals surface area (Å²) in [6.07, 6.45) is 1.94. The van der Waals surface area contributed by atoms with E-state index in [2.05, 4.69) is 192 Å². The fourth-order valence-electron chi connectivity index (χ4n) is 4.81. The molecular formula is C43H41ClP2Ru. The Morgan fingerprint density at radius 1 is 0.404 bits per heavy atom. The maximum Gasteiger partial charge on any atom is -0.0134 e. The molecule has 0 aliphatic carbocycles. The third-order valence-corrected chi connectivity index (χ3v) is 11.5. The zero-order chi connectivity index (χ0) is 33.7. The van der Waals surface area contributed by atoms with Crippen molar-refractivity contribution in [1.29, 1.82) is 0 Å². The predicted molar refractivity (Wildman–Crippen MR) is 209 cm³/mol. The van der Waals surface area contributed by atoms with Crippen LogP contribution in [0.4, 0.5) is 0 Å². The standard InChI is InChI=1S/2C18H15P.C7H11.ClH.Ru/c2*1-4-10-16(11-5-1)19(17-12-6-2-7-13-17)18-14-8-3-9-15-18;1-6(2)5-7(3)4;;/h2*1-15H;1,5H,2-4H3;1H;/q;;-1;;+2/p-1. The third kappa shape index (κ3) is 13.3. The van der Waals surface area contributed by atoms with Crippen molar-refractivity contribution >= 4 is 57.4 Å². The molecule has 0 radical (unpaired) electrons. The van der Waals surface area contributed by atoms with Gasteiger partial charge in [0.15, 0.2) is 0 Å². The van der Waals surface area contributed by atoms with Crippen molar-refractivity contribution in [1.82, 2.24) is 0 Å². The minimum Gasteiger partial charge on any atom is -0.0622 e. The molecule has 47 heavy (non-hydrogen) atoms. The molecule has 0 unspecified atom stereocenters. The molecule has 0 atom stereocenters. The second-order valence-electron chi connectivity index (χ2n) is 10.6. The van der Waals surface area contributed by atoms with Gasteiger partial charge < -0.3 is 0 Å². The van der Waals surface area contributed by atoms with Crippen LogP contribution >= 0.6 is 25.5 Å². The summed E-state index contributed by atoms with van der Waals surface area (Å²) in [5.41, 5.74) is 2.13. The molecule has 0 amide bonds. The zero-order valence-electron chi connectivity index (χ0n) is 27.1. The van der Waals surface area contributed by atoms with Crippen LogP contribution in [-0.4, -0.2) is 0 Å². The molecule has 0 N–H and O–H groups in total. The summed E-state index contributed by atoms with van der Waals surface area (Å²) in [6.45, 7) is 11.3. The number of hydrogen-bond donors (Lipinski definition) is 0. The van der Waals surface area contributed by atoms with Gasteiger partial charge in [0.2, 0.25) is 0 Å². The molecular weight excluding hydrogens is 715 g/mol. The SMILES string of the molecule is [CH-]=C(C)C=C(C)C.[Cl][Ru+].c1ccc(P(c2ccccc2)c2ccccc2)cc1.c1ccc(P(c2ccccc2)c2ccccc2)cc1. The van der Waals surface area contributed by atoms with E-state index < -0.39 is 15.8 Å². The molecule has 6 aromatic carbocycles. The van der Waals surface area contributed by atoms with E-state index in [0.717, 1.165) is 5.57 Å². The molecule has 6 aromatic rings. The van der Waals surface area contributed by atoms with Gasteiger partial charge in [-0.3, -0.25) is 6.58 Å². The van der Waals surface area contributed by atoms with Crippen LogP contribution < -0.4 is 31.8 Å². The molecule has 0 saturated heterocycles. The average molecular weight is 756 g/mol. The molecule has 4 heteroatoms. The van der Waals surface area contributed by atoms with Crippen LogP contribution in [0.3, 0.4) is 0 Å². The van der Waals surface area contributed by atoms with Gasteiger partial charge in [0.25, 0.3) is 0 Å². The first-order chi connectivity index (χ1) is 23.0. The van der Waals surface area contributed by atoms with Crippen molar-refractivity contribution in [2.45, 2.75) is 20.8 Å². The minimum atomic E-state index is -0.446. The van der Waals surface area contributed by atoms with E-state index in [1.165, 1.54) is 37.4 Å². The molecule has 0 fully saturated rings. The molecule has 0 aromatic heterocycles. The molecule has 238 valence electrons. The van der Waals surface area contributed by atoms with Crippen LogP contribution in [0.15, 0.2) is 199 Å². The van der Waals surface area contributed by atoms with Crippen molar-refractivity contribution in [2.75, 3.05) is 0 Å². The number of rotatable bonds is 7. The van der Waals surface area contributed by atoms with Gasteiger partial charge in [-0.15, -0.1) is 0 Å². The van der Waals surface area contributed by atoms with Crippen LogP contribution in [0.5, 0.6) is 0 Å². The molecule has 0 aliphatic rings. The Labute approximate surface area is 299 Å². The Bertz CT molecular complexity index is 1400. The van der Waals surface area contributed by atoms with Crippen molar-refractivity contribution in [2.24, 2.45) is 0 Å². The fraction of sp³-hybridized carbons (Fsp3) is 0.0698. The van der Waals surface area contributed by atoms with Gasteiger partial charge in [0, 0.05) is 0 Å². The normalized spacial score (nSPS) is 9.85. The Kier molecular flexibility index (Phi) is 18.0. The van der Waals surface area contributed by atoms with Crippen LogP contribution in [0, 0.1) is 6.58 Å². The summed E-state index contributed by atoms with van der Waals surface area (Å²) in [6, 6.07) is 64.7. The van der Waals surface area contributed by atoms with Gasteiger partial charge in [-0.05, 0) is 47.7 Å². The maximum absolute atomic E-state index is 5.33. The van der Waals surface area contributed by atoms with E-state index in [9.17, 15) is 0 Å². The average Bonchev–Trinajstić information content (AvgIpc) is 3.12. The molecule has 0 nitrogen and oxygen atoms in total. The van der Waals surface area contributed by atoms with Crippen LogP contribution in [-0.2, 0) is 17.3 Å². The summed E-state index contributed by atoms with van der Waals surface area (Å²) in [7, 11) is 3.68. The Hall–Kier alpha value is -3.43. The summed E-state index contributed by atoms with van der Waals surface area (Å²) in [5, 5.41) is 8.39. The van der Waals surface area contributed by atoms with Crippen molar-refractivity contribution in [3.05, 3.63) is 206 Å². The van der Waals surface area contributed by atoms with Crippen molar-refractivity contribution < 1.29 is 17.3 Å². The van der Waals surface area contributed by atoms with E-state index in [-0.39, 0.29) is 0 Å². The zero-order valence-corrected chi connectivity index (χ0v) is 31.4. The van der Waals surface area contributed by atoms with E-state index >= 15 is 0 Å². The number of benzene rings is 6. The van der Waals surface area contributed by atoms with Crippen molar-refractivity contribution in [3.8, 4) is 0 Å². The first-order valence-corrected chi connectivity index (χ1v) is 20.2. The topological polar surface area (TPSA) is 0 Å². The Morgan fingerprint density at radius 3 is 0.681 bits per heavy atom. The first-order valence-electron chi connectivity index (χ1n) is 15.3. The van der Waals surface area contributed by atoms with Gasteiger partial charge >= 0.3 is 27.0 Å². The maximum atomic E-state index is 5.33. The van der Waals surface area contributed by atoms with E-state index in [0.29, 0.717) is 0 Å². The van der Waals surface area contributed by atoms with E-state index in [1.54, 1.807) is 0 Å². The van der Waals surface area contributed by atoms with E-state index in [4.69, 9.17) is 6.58 Å². The fourth-order valence-corrected chi connectivity index (χ4v) is 9.42. The predicted octanol–water partition coefficient (Wildman–Crippen LogP) is 9.91. The third-order valence-electron chi connectivity index (χ3n) is 6.60. The molecule has 0 saturated carbocycles. The first kappa shape index (κ1) is 38.0. The minimum absolute atomic E-state index is 0.446. The number of hydrogen-bond acceptors (Lipinski definition) is 0. The number of halogens is 1. The second-order valence-corrected chi connectivity index (χ2v) is 15.1. The summed E-state index contributed by atoms with van der Waals surface area (Å²) < 4.78 is 0. The summed E-state index contributed by atoms with van der Waals surface area (Å²) in [4.78, 5) is 0. The van der Waals surface area contributed by atoms with Gasteiger partial charge in [-0.1, -0.05) is 203 Å². The van der Waals surface area contributed by atoms with Gasteiger partial charge in [0.05, 0.1) is 0 Å². The van der Waals surface area contributed by atoms with Crippen molar-refractivity contribution in [3.63, 3.8) is 0 Å². The number of allylic oxidation sites excluding steroid dienone is 3. The summed E-state index contributed by atoms with van der Waals surface area (Å²) in [5.74, 6) is 0. The van der Waals surface area contributed by atoms with E-state index in [1.807, 2.05) is 44.2 Å². The molecule has 0 aliphatic heterocycles. The molecule has 0 bridgehead atoms. The second kappa shape index (κ2) is 22.2. The Morgan fingerprint density at radius 2 is 0.574 bits per heavy atom. The Balaban J connectivity index is 0.000000205. The quantitative estimate of drug-likeness (QED) is 0.0659. The smallest absolute Gasteiger partial charge is 0.0134 e. The summed E-state index contributed by atoms with van der Waals surface area (Å²) >= 11 is 1.82.